The lowest BCUT2D eigenvalue weighted by Crippen LogP contribution is -2.39. The van der Waals surface area contributed by atoms with Crippen molar-refractivity contribution in [3.05, 3.63) is 17.8 Å². The zero-order valence-electron chi connectivity index (χ0n) is 12.5. The van der Waals surface area contributed by atoms with Crippen LogP contribution in [0.4, 0.5) is 0 Å². The third kappa shape index (κ3) is 4.41. The highest BCUT2D eigenvalue weighted by molar-refractivity contribution is 8.00. The second kappa shape index (κ2) is 7.55. The van der Waals surface area contributed by atoms with Crippen LogP contribution in [0.25, 0.3) is 10.2 Å². The maximum atomic E-state index is 11.8. The lowest BCUT2D eigenvalue weighted by molar-refractivity contribution is -0.152. The molecule has 0 spiro atoms. The fraction of sp³-hybridized carbons (Fsp3) is 0.429. The highest BCUT2D eigenvalue weighted by Gasteiger charge is 2.18. The predicted octanol–water partition coefficient (Wildman–Crippen LogP) is 2.24. The Hall–Kier alpha value is -1.67. The van der Waals surface area contributed by atoms with Gasteiger partial charge < -0.3 is 10.1 Å². The summed E-state index contributed by atoms with van der Waals surface area (Å²) in [5, 5.41) is 6.30. The Morgan fingerprint density at radius 3 is 2.86 bits per heavy atom. The molecule has 1 amide bonds. The van der Waals surface area contributed by atoms with Gasteiger partial charge in [-0.05, 0) is 32.2 Å². The summed E-state index contributed by atoms with van der Waals surface area (Å²) in [6.07, 6.45) is 0.674. The quantitative estimate of drug-likeness (QED) is 0.494. The number of esters is 1. The van der Waals surface area contributed by atoms with Crippen molar-refractivity contribution in [1.29, 1.82) is 0 Å². The number of amides is 1. The number of thiophene rings is 1. The van der Waals surface area contributed by atoms with Gasteiger partial charge in [0.1, 0.15) is 16.2 Å². The monoisotopic (exact) mass is 339 g/mol. The average Bonchev–Trinajstić information content (AvgIpc) is 2.93. The SMILES string of the molecule is CC(C)NC(=O)[C@H](C)OC(=O)CSc1ncnc2sccc12. The Balaban J connectivity index is 1.88. The molecule has 0 radical (unpaired) electrons. The van der Waals surface area contributed by atoms with Gasteiger partial charge in [0, 0.05) is 11.4 Å². The molecule has 2 rings (SSSR count). The molecule has 0 aliphatic carbocycles. The van der Waals surface area contributed by atoms with E-state index in [4.69, 9.17) is 4.74 Å². The molecule has 2 aromatic heterocycles. The minimum atomic E-state index is -0.804. The molecule has 1 N–H and O–H groups in total. The first kappa shape index (κ1) is 16.7. The molecular formula is C14H17N3O3S2. The van der Waals surface area contributed by atoms with Crippen LogP contribution in [0, 0.1) is 0 Å². The molecule has 2 aromatic rings. The van der Waals surface area contributed by atoms with Crippen molar-refractivity contribution >= 4 is 45.2 Å². The largest absolute Gasteiger partial charge is 0.452 e. The Morgan fingerprint density at radius 2 is 2.14 bits per heavy atom. The first-order valence-corrected chi connectivity index (χ1v) is 8.64. The maximum Gasteiger partial charge on any atom is 0.317 e. The summed E-state index contributed by atoms with van der Waals surface area (Å²) in [6, 6.07) is 1.93. The van der Waals surface area contributed by atoms with E-state index in [1.54, 1.807) is 6.92 Å². The van der Waals surface area contributed by atoms with Gasteiger partial charge >= 0.3 is 5.97 Å². The molecular weight excluding hydrogens is 322 g/mol. The molecule has 2 heterocycles. The van der Waals surface area contributed by atoms with Crippen molar-refractivity contribution in [2.45, 2.75) is 37.9 Å². The van der Waals surface area contributed by atoms with Gasteiger partial charge in [-0.3, -0.25) is 9.59 Å². The lowest BCUT2D eigenvalue weighted by atomic mass is 10.3. The van der Waals surface area contributed by atoms with Gasteiger partial charge in [0.25, 0.3) is 5.91 Å². The van der Waals surface area contributed by atoms with Crippen LogP contribution in [0.5, 0.6) is 0 Å². The summed E-state index contributed by atoms with van der Waals surface area (Å²) in [7, 11) is 0. The predicted molar refractivity (Wildman–Crippen MR) is 87.0 cm³/mol. The van der Waals surface area contributed by atoms with Crippen LogP contribution in [0.3, 0.4) is 0 Å². The van der Waals surface area contributed by atoms with Gasteiger partial charge in [-0.1, -0.05) is 11.8 Å². The highest BCUT2D eigenvalue weighted by atomic mass is 32.2. The molecule has 1 atom stereocenters. The Morgan fingerprint density at radius 1 is 1.36 bits per heavy atom. The number of carbonyl (C=O) groups is 2. The Bertz CT molecular complexity index is 672. The Kier molecular flexibility index (Phi) is 5.73. The summed E-state index contributed by atoms with van der Waals surface area (Å²) in [4.78, 5) is 32.7. The number of aromatic nitrogens is 2. The van der Waals surface area contributed by atoms with Crippen LogP contribution in [0.1, 0.15) is 20.8 Å². The molecule has 0 saturated heterocycles. The van der Waals surface area contributed by atoms with E-state index in [2.05, 4.69) is 15.3 Å². The number of thioether (sulfide) groups is 1. The van der Waals surface area contributed by atoms with Gasteiger partial charge in [0.2, 0.25) is 0 Å². The topological polar surface area (TPSA) is 81.2 Å². The number of hydrogen-bond acceptors (Lipinski definition) is 7. The number of nitrogens with one attached hydrogen (secondary N) is 1. The van der Waals surface area contributed by atoms with Gasteiger partial charge in [-0.15, -0.1) is 11.3 Å². The third-order valence-corrected chi connectivity index (χ3v) is 4.46. The van der Waals surface area contributed by atoms with Crippen molar-refractivity contribution in [2.24, 2.45) is 0 Å². The molecule has 8 heteroatoms. The minimum absolute atomic E-state index is 0.0101. The van der Waals surface area contributed by atoms with Crippen LogP contribution in [0.15, 0.2) is 22.8 Å². The first-order valence-electron chi connectivity index (χ1n) is 6.78. The molecule has 0 unspecified atom stereocenters. The fourth-order valence-corrected chi connectivity index (χ4v) is 3.26. The van der Waals surface area contributed by atoms with Crippen molar-refractivity contribution in [3.63, 3.8) is 0 Å². The molecule has 0 fully saturated rings. The average molecular weight is 339 g/mol. The zero-order chi connectivity index (χ0) is 16.1. The van der Waals surface area contributed by atoms with E-state index in [1.165, 1.54) is 29.4 Å². The highest BCUT2D eigenvalue weighted by Crippen LogP contribution is 2.27. The van der Waals surface area contributed by atoms with E-state index < -0.39 is 12.1 Å². The van der Waals surface area contributed by atoms with Crippen LogP contribution in [0.2, 0.25) is 0 Å². The van der Waals surface area contributed by atoms with Crippen LogP contribution in [-0.2, 0) is 14.3 Å². The summed E-state index contributed by atoms with van der Waals surface area (Å²) in [5.41, 5.74) is 0. The van der Waals surface area contributed by atoms with E-state index in [-0.39, 0.29) is 17.7 Å². The second-order valence-corrected chi connectivity index (χ2v) is 6.76. The smallest absolute Gasteiger partial charge is 0.317 e. The number of carbonyl (C=O) groups excluding carboxylic acids is 2. The van der Waals surface area contributed by atoms with Crippen molar-refractivity contribution in [1.82, 2.24) is 15.3 Å². The zero-order valence-corrected chi connectivity index (χ0v) is 14.2. The number of hydrogen-bond donors (Lipinski definition) is 1. The molecule has 22 heavy (non-hydrogen) atoms. The lowest BCUT2D eigenvalue weighted by Gasteiger charge is -2.15. The summed E-state index contributed by atoms with van der Waals surface area (Å²) < 4.78 is 5.12. The fourth-order valence-electron chi connectivity index (χ4n) is 1.70. The number of nitrogens with zero attached hydrogens (tertiary/aromatic N) is 2. The normalized spacial score (nSPS) is 12.4. The van der Waals surface area contributed by atoms with Crippen LogP contribution < -0.4 is 5.32 Å². The van der Waals surface area contributed by atoms with Crippen LogP contribution in [-0.4, -0.2) is 39.7 Å². The number of fused-ring (bicyclic) bond motifs is 1. The molecule has 0 saturated carbocycles. The maximum absolute atomic E-state index is 11.8. The van der Waals surface area contributed by atoms with Gasteiger partial charge in [-0.25, -0.2) is 9.97 Å². The van der Waals surface area contributed by atoms with E-state index in [0.717, 1.165) is 15.2 Å². The van der Waals surface area contributed by atoms with Gasteiger partial charge in [0.15, 0.2) is 6.10 Å². The van der Waals surface area contributed by atoms with Gasteiger partial charge in [-0.2, -0.15) is 0 Å². The van der Waals surface area contributed by atoms with Crippen molar-refractivity contribution in [2.75, 3.05) is 5.75 Å². The molecule has 0 bridgehead atoms. The van der Waals surface area contributed by atoms with Crippen LogP contribution >= 0.6 is 23.1 Å². The molecule has 0 aromatic carbocycles. The second-order valence-electron chi connectivity index (χ2n) is 4.90. The van der Waals surface area contributed by atoms with E-state index >= 15 is 0 Å². The summed E-state index contributed by atoms with van der Waals surface area (Å²) >= 11 is 2.80. The Labute approximate surface area is 136 Å². The van der Waals surface area contributed by atoms with E-state index in [9.17, 15) is 9.59 Å². The first-order chi connectivity index (χ1) is 10.5. The summed E-state index contributed by atoms with van der Waals surface area (Å²) in [5.74, 6) is -0.643. The number of ether oxygens (including phenoxy) is 1. The van der Waals surface area contributed by atoms with Gasteiger partial charge in [0.05, 0.1) is 5.75 Å². The molecule has 0 aliphatic rings. The molecule has 118 valence electrons. The number of rotatable bonds is 6. The minimum Gasteiger partial charge on any atom is -0.452 e. The van der Waals surface area contributed by atoms with E-state index in [0.29, 0.717) is 0 Å². The standard InChI is InChI=1S/C14H17N3O3S2/c1-8(2)17-12(19)9(3)20-11(18)6-22-14-10-4-5-21-13(10)15-7-16-14/h4-5,7-9H,6H2,1-3H3,(H,17,19)/t9-/m0/s1. The van der Waals surface area contributed by atoms with E-state index in [1.807, 2.05) is 25.3 Å². The van der Waals surface area contributed by atoms with Crippen molar-refractivity contribution in [3.8, 4) is 0 Å². The molecule has 6 nitrogen and oxygen atoms in total. The molecule has 0 aliphatic heterocycles. The third-order valence-electron chi connectivity index (χ3n) is 2.66. The summed E-state index contributed by atoms with van der Waals surface area (Å²) in [6.45, 7) is 5.26. The van der Waals surface area contributed by atoms with Crippen molar-refractivity contribution < 1.29 is 14.3 Å².